The van der Waals surface area contributed by atoms with Crippen LogP contribution in [0.15, 0.2) is 66.7 Å². The predicted octanol–water partition coefficient (Wildman–Crippen LogP) is 1.77. The van der Waals surface area contributed by atoms with Crippen molar-refractivity contribution in [1.29, 1.82) is 0 Å². The zero-order valence-corrected chi connectivity index (χ0v) is 13.0. The van der Waals surface area contributed by atoms with Crippen LogP contribution in [-0.2, 0) is 17.9 Å². The van der Waals surface area contributed by atoms with Crippen molar-refractivity contribution in [2.24, 2.45) is 5.14 Å². The van der Waals surface area contributed by atoms with E-state index in [-0.39, 0.29) is 6.61 Å². The molecule has 6 nitrogen and oxygen atoms in total. The normalized spacial score (nSPS) is 11.4. The third-order valence-electron chi connectivity index (χ3n) is 2.99. The molecule has 3 aromatic rings. The van der Waals surface area contributed by atoms with Gasteiger partial charge in [0.15, 0.2) is 0 Å². The second-order valence-corrected chi connectivity index (χ2v) is 5.07. The van der Waals surface area contributed by atoms with Gasteiger partial charge >= 0.3 is 0 Å². The fraction of sp³-hybridized carbons (Fsp3) is 0.0625. The number of aliphatic hydroxyl groups is 1. The van der Waals surface area contributed by atoms with Crippen LogP contribution >= 0.6 is 0 Å². The van der Waals surface area contributed by atoms with E-state index in [2.05, 4.69) is 10.2 Å². The molecule has 0 fully saturated rings. The molecule has 1 atom stereocenters. The van der Waals surface area contributed by atoms with Crippen LogP contribution in [0, 0.1) is 0 Å². The lowest BCUT2D eigenvalue weighted by molar-refractivity contribution is 0.276. The van der Waals surface area contributed by atoms with Gasteiger partial charge in [0.05, 0.1) is 23.7 Å². The van der Waals surface area contributed by atoms with Gasteiger partial charge in [-0.25, -0.2) is 4.68 Å². The summed E-state index contributed by atoms with van der Waals surface area (Å²) in [6.45, 7) is -0.0559. The molecule has 0 bridgehead atoms. The fourth-order valence-corrected chi connectivity index (χ4v) is 2.09. The number of aromatic nitrogens is 2. The number of nitrogens with two attached hydrogens (primary N) is 1. The van der Waals surface area contributed by atoms with Gasteiger partial charge in [-0.3, -0.25) is 9.35 Å². The number of aliphatic hydroxyl groups excluding tert-OH is 1. The van der Waals surface area contributed by atoms with Gasteiger partial charge in [0.1, 0.15) is 0 Å². The monoisotopic (exact) mass is 330 g/mol. The molecule has 1 aromatic heterocycles. The summed E-state index contributed by atoms with van der Waals surface area (Å²) in [7, 11) is 0. The summed E-state index contributed by atoms with van der Waals surface area (Å²) < 4.78 is 19.4. The Balaban J connectivity index is 0.000000433. The molecule has 1 unspecified atom stereocenters. The summed E-state index contributed by atoms with van der Waals surface area (Å²) >= 11 is -2.36. The van der Waals surface area contributed by atoms with E-state index in [0.29, 0.717) is 5.69 Å². The minimum absolute atomic E-state index is 0.0559. The van der Waals surface area contributed by atoms with Crippen LogP contribution < -0.4 is 5.14 Å². The van der Waals surface area contributed by atoms with Gasteiger partial charge in [0.25, 0.3) is 0 Å². The first-order chi connectivity index (χ1) is 11.1. The van der Waals surface area contributed by atoms with E-state index in [0.717, 1.165) is 16.9 Å². The van der Waals surface area contributed by atoms with Crippen molar-refractivity contribution in [2.45, 2.75) is 6.61 Å². The molecular weight excluding hydrogens is 314 g/mol. The molecule has 3 rings (SSSR count). The van der Waals surface area contributed by atoms with Crippen molar-refractivity contribution < 1.29 is 13.9 Å². The maximum absolute atomic E-state index is 9.29. The van der Waals surface area contributed by atoms with Crippen LogP contribution in [0.25, 0.3) is 16.9 Å². The summed E-state index contributed by atoms with van der Waals surface area (Å²) in [5.74, 6) is 0. The Morgan fingerprint density at radius 3 is 2.13 bits per heavy atom. The second kappa shape index (κ2) is 8.35. The molecule has 120 valence electrons. The lowest BCUT2D eigenvalue weighted by Gasteiger charge is -2.07. The number of benzene rings is 2. The Labute approximate surface area is 136 Å². The maximum Gasteiger partial charge on any atom is 0.0889 e. The third-order valence-corrected chi connectivity index (χ3v) is 2.99. The van der Waals surface area contributed by atoms with Crippen molar-refractivity contribution in [3.63, 3.8) is 0 Å². The summed E-state index contributed by atoms with van der Waals surface area (Å²) in [4.78, 5) is 0. The van der Waals surface area contributed by atoms with Crippen molar-refractivity contribution in [1.82, 2.24) is 9.78 Å². The Kier molecular flexibility index (Phi) is 6.19. The number of hydrogen-bond acceptors (Lipinski definition) is 4. The van der Waals surface area contributed by atoms with Gasteiger partial charge in [-0.05, 0) is 18.2 Å². The SMILES string of the molecule is NS(=O)[O-].OCc1cc(-c2ccccc2)n(-c2ccccc2)n1. The van der Waals surface area contributed by atoms with Crippen LogP contribution in [-0.4, -0.2) is 23.6 Å². The van der Waals surface area contributed by atoms with Gasteiger partial charge in [-0.1, -0.05) is 48.5 Å². The van der Waals surface area contributed by atoms with Crippen molar-refractivity contribution in [2.75, 3.05) is 0 Å². The van der Waals surface area contributed by atoms with Crippen LogP contribution in [0.2, 0.25) is 0 Å². The highest BCUT2D eigenvalue weighted by atomic mass is 32.2. The first-order valence-electron chi connectivity index (χ1n) is 6.76. The molecule has 0 aliphatic rings. The summed E-state index contributed by atoms with van der Waals surface area (Å²) in [6, 6.07) is 21.9. The van der Waals surface area contributed by atoms with E-state index in [4.69, 9.17) is 8.76 Å². The number of nitrogens with zero attached hydrogens (tertiary/aromatic N) is 2. The zero-order chi connectivity index (χ0) is 16.7. The topological polar surface area (TPSA) is 104 Å². The molecule has 0 spiro atoms. The van der Waals surface area contributed by atoms with E-state index in [1.807, 2.05) is 71.4 Å². The average molecular weight is 330 g/mol. The van der Waals surface area contributed by atoms with Gasteiger partial charge < -0.3 is 9.66 Å². The molecule has 0 saturated heterocycles. The number of hydrogen-bond donors (Lipinski definition) is 2. The lowest BCUT2D eigenvalue weighted by Crippen LogP contribution is -1.99. The van der Waals surface area contributed by atoms with Gasteiger partial charge in [-0.15, -0.1) is 0 Å². The van der Waals surface area contributed by atoms with Gasteiger partial charge in [0, 0.05) is 16.8 Å². The smallest absolute Gasteiger partial charge is 0.0889 e. The molecule has 0 radical (unpaired) electrons. The molecule has 0 aliphatic carbocycles. The summed E-state index contributed by atoms with van der Waals surface area (Å²) in [6.07, 6.45) is 0. The maximum atomic E-state index is 9.29. The molecule has 0 saturated carbocycles. The summed E-state index contributed by atoms with van der Waals surface area (Å²) in [5.41, 5.74) is 3.72. The molecular formula is C16H16N3O3S-. The van der Waals surface area contributed by atoms with E-state index in [1.165, 1.54) is 0 Å². The Hall–Kier alpha value is -2.32. The van der Waals surface area contributed by atoms with Crippen LogP contribution in [0.5, 0.6) is 0 Å². The highest BCUT2D eigenvalue weighted by Crippen LogP contribution is 2.23. The lowest BCUT2D eigenvalue weighted by atomic mass is 10.1. The zero-order valence-electron chi connectivity index (χ0n) is 12.2. The molecule has 0 aliphatic heterocycles. The van der Waals surface area contributed by atoms with Crippen LogP contribution in [0.1, 0.15) is 5.69 Å². The second-order valence-electron chi connectivity index (χ2n) is 4.55. The van der Waals surface area contributed by atoms with Crippen molar-refractivity contribution in [3.05, 3.63) is 72.4 Å². The van der Waals surface area contributed by atoms with E-state index in [1.54, 1.807) is 0 Å². The Bertz CT molecular complexity index is 700. The standard InChI is InChI=1S/C16H14N2O.H3NO2S/c19-12-14-11-16(13-7-3-1-4-8-13)18(17-14)15-9-5-2-6-10-15;1-4(2)3/h1-11,19H,12H2;1H2,(H,2,3)/p-1. The number of para-hydroxylation sites is 1. The van der Waals surface area contributed by atoms with E-state index in [9.17, 15) is 5.11 Å². The largest absolute Gasteiger partial charge is 0.760 e. The molecule has 3 N–H and O–H groups in total. The average Bonchev–Trinajstić information content (AvgIpc) is 3.00. The van der Waals surface area contributed by atoms with Crippen LogP contribution in [0.4, 0.5) is 0 Å². The third kappa shape index (κ3) is 4.83. The van der Waals surface area contributed by atoms with Gasteiger partial charge in [-0.2, -0.15) is 5.10 Å². The van der Waals surface area contributed by atoms with E-state index >= 15 is 0 Å². The minimum Gasteiger partial charge on any atom is -0.760 e. The van der Waals surface area contributed by atoms with Crippen LogP contribution in [0.3, 0.4) is 0 Å². The first-order valence-corrected chi connectivity index (χ1v) is 7.90. The Morgan fingerprint density at radius 2 is 1.61 bits per heavy atom. The van der Waals surface area contributed by atoms with Crippen molar-refractivity contribution >= 4 is 11.3 Å². The highest BCUT2D eigenvalue weighted by molar-refractivity contribution is 7.76. The first kappa shape index (κ1) is 17.0. The number of rotatable bonds is 3. The highest BCUT2D eigenvalue weighted by Gasteiger charge is 2.10. The van der Waals surface area contributed by atoms with E-state index < -0.39 is 11.3 Å². The quantitative estimate of drug-likeness (QED) is 0.714. The summed E-state index contributed by atoms with van der Waals surface area (Å²) in [5, 5.41) is 17.8. The molecule has 0 amide bonds. The minimum atomic E-state index is -2.36. The molecule has 7 heteroatoms. The molecule has 23 heavy (non-hydrogen) atoms. The molecule has 1 heterocycles. The van der Waals surface area contributed by atoms with Gasteiger partial charge in [0.2, 0.25) is 0 Å². The van der Waals surface area contributed by atoms with Crippen molar-refractivity contribution in [3.8, 4) is 16.9 Å². The Morgan fingerprint density at radius 1 is 1.09 bits per heavy atom. The molecule has 2 aromatic carbocycles. The predicted molar refractivity (Wildman–Crippen MR) is 88.0 cm³/mol. The fourth-order valence-electron chi connectivity index (χ4n) is 2.09.